The third-order valence-electron chi connectivity index (χ3n) is 3.72. The number of nitrogens with zero attached hydrogens (tertiary/aromatic N) is 1. The lowest BCUT2D eigenvalue weighted by molar-refractivity contribution is -0.0357. The summed E-state index contributed by atoms with van der Waals surface area (Å²) in [7, 11) is 0. The molecule has 2 aromatic carbocycles. The highest BCUT2D eigenvalue weighted by atomic mass is 16.5. The van der Waals surface area contributed by atoms with Gasteiger partial charge in [0.05, 0.1) is 6.54 Å². The molecule has 0 saturated carbocycles. The maximum atomic E-state index is 11.7. The molecule has 3 rings (SSSR count). The van der Waals surface area contributed by atoms with Crippen molar-refractivity contribution in [1.29, 1.82) is 0 Å². The van der Waals surface area contributed by atoms with Crippen molar-refractivity contribution in [2.75, 3.05) is 19.7 Å². The van der Waals surface area contributed by atoms with Crippen LogP contribution in [0.4, 0.5) is 4.79 Å². The zero-order valence-electron chi connectivity index (χ0n) is 14.2. The molecule has 0 aliphatic carbocycles. The maximum Gasteiger partial charge on any atom is 0.341 e. The predicted octanol–water partition coefficient (Wildman–Crippen LogP) is 3.84. The number of benzene rings is 2. The highest BCUT2D eigenvalue weighted by molar-refractivity contribution is 5.74. The molecule has 0 bridgehead atoms. The van der Waals surface area contributed by atoms with Crippen LogP contribution in [0.15, 0.2) is 66.8 Å². The maximum absolute atomic E-state index is 11.7. The monoisotopic (exact) mass is 352 g/mol. The number of rotatable bonds is 6. The van der Waals surface area contributed by atoms with Crippen LogP contribution in [0.5, 0.6) is 17.2 Å². The van der Waals surface area contributed by atoms with Crippen LogP contribution in [0, 0.1) is 0 Å². The van der Waals surface area contributed by atoms with Gasteiger partial charge in [0.15, 0.2) is 0 Å². The molecule has 26 heavy (non-hydrogen) atoms. The number of amides is 2. The van der Waals surface area contributed by atoms with Crippen LogP contribution < -0.4 is 14.8 Å². The summed E-state index contributed by atoms with van der Waals surface area (Å²) in [6, 6.07) is 14.4. The molecule has 134 valence electrons. The number of nitrogens with one attached hydrogen (secondary N) is 1. The van der Waals surface area contributed by atoms with Gasteiger partial charge in [-0.2, -0.15) is 0 Å². The Morgan fingerprint density at radius 1 is 1.27 bits per heavy atom. The first-order valence-corrected chi connectivity index (χ1v) is 8.20. The second-order valence-electron chi connectivity index (χ2n) is 5.74. The molecule has 0 saturated heterocycles. The summed E-state index contributed by atoms with van der Waals surface area (Å²) < 4.78 is 11.5. The summed E-state index contributed by atoms with van der Waals surface area (Å²) in [5, 5.41) is 13.0. The van der Waals surface area contributed by atoms with E-state index in [1.807, 2.05) is 54.6 Å². The molecule has 1 aliphatic rings. The molecule has 0 fully saturated rings. The SMILES string of the molecule is C=CCNC(=O)N(O)CC1=Cc2cc(Oc3ccccc3)ccc2OC1. The number of hydrogen-bond donors (Lipinski definition) is 2. The Hall–Kier alpha value is -3.25. The fraction of sp³-hybridized carbons (Fsp3) is 0.150. The summed E-state index contributed by atoms with van der Waals surface area (Å²) in [6.07, 6.45) is 3.43. The minimum Gasteiger partial charge on any atom is -0.489 e. The molecule has 6 heteroatoms. The van der Waals surface area contributed by atoms with Gasteiger partial charge in [0.1, 0.15) is 23.9 Å². The van der Waals surface area contributed by atoms with Gasteiger partial charge in [0, 0.05) is 12.1 Å². The van der Waals surface area contributed by atoms with E-state index in [1.165, 1.54) is 0 Å². The largest absolute Gasteiger partial charge is 0.489 e. The smallest absolute Gasteiger partial charge is 0.341 e. The van der Waals surface area contributed by atoms with Gasteiger partial charge in [-0.25, -0.2) is 9.86 Å². The summed E-state index contributed by atoms with van der Waals surface area (Å²) in [6.45, 7) is 4.15. The Bertz CT molecular complexity index is 818. The van der Waals surface area contributed by atoms with E-state index in [2.05, 4.69) is 11.9 Å². The van der Waals surface area contributed by atoms with E-state index in [9.17, 15) is 10.0 Å². The van der Waals surface area contributed by atoms with E-state index in [4.69, 9.17) is 9.47 Å². The van der Waals surface area contributed by atoms with Crippen molar-refractivity contribution >= 4 is 12.1 Å². The van der Waals surface area contributed by atoms with Crippen molar-refractivity contribution in [2.45, 2.75) is 0 Å². The molecule has 0 atom stereocenters. The minimum absolute atomic E-state index is 0.0478. The predicted molar refractivity (Wildman–Crippen MR) is 98.5 cm³/mol. The van der Waals surface area contributed by atoms with Gasteiger partial charge in [-0.05, 0) is 42.0 Å². The lowest BCUT2D eigenvalue weighted by Gasteiger charge is -2.22. The van der Waals surface area contributed by atoms with Gasteiger partial charge < -0.3 is 14.8 Å². The second-order valence-corrected chi connectivity index (χ2v) is 5.74. The van der Waals surface area contributed by atoms with Crippen LogP contribution in [0.25, 0.3) is 6.08 Å². The van der Waals surface area contributed by atoms with Crippen molar-refractivity contribution in [3.63, 3.8) is 0 Å². The Morgan fingerprint density at radius 2 is 2.08 bits per heavy atom. The lowest BCUT2D eigenvalue weighted by Crippen LogP contribution is -2.39. The van der Waals surface area contributed by atoms with Gasteiger partial charge in [-0.3, -0.25) is 5.21 Å². The molecule has 0 spiro atoms. The molecular weight excluding hydrogens is 332 g/mol. The number of fused-ring (bicyclic) bond motifs is 1. The number of hydrogen-bond acceptors (Lipinski definition) is 4. The van der Waals surface area contributed by atoms with E-state index in [1.54, 1.807) is 6.08 Å². The van der Waals surface area contributed by atoms with Gasteiger partial charge in [0.2, 0.25) is 0 Å². The van der Waals surface area contributed by atoms with Crippen molar-refractivity contribution in [1.82, 2.24) is 10.4 Å². The number of urea groups is 1. The standard InChI is InChI=1S/C20H20N2O4/c1-2-10-21-20(23)22(24)13-15-11-16-12-18(8-9-19(16)25-14-15)26-17-6-4-3-5-7-17/h2-9,11-12,24H,1,10,13-14H2,(H,21,23). The highest BCUT2D eigenvalue weighted by Gasteiger charge is 2.17. The fourth-order valence-electron chi connectivity index (χ4n) is 2.50. The van der Waals surface area contributed by atoms with Crippen molar-refractivity contribution < 1.29 is 19.5 Å². The Balaban J connectivity index is 1.70. The van der Waals surface area contributed by atoms with Gasteiger partial charge in [-0.1, -0.05) is 24.3 Å². The third kappa shape index (κ3) is 4.43. The molecule has 0 unspecified atom stereocenters. The normalized spacial score (nSPS) is 12.3. The van der Waals surface area contributed by atoms with E-state index >= 15 is 0 Å². The summed E-state index contributed by atoms with van der Waals surface area (Å²) >= 11 is 0. The highest BCUT2D eigenvalue weighted by Crippen LogP contribution is 2.32. The molecular formula is C20H20N2O4. The second kappa shape index (κ2) is 8.22. The molecule has 2 N–H and O–H groups in total. The van der Waals surface area contributed by atoms with Gasteiger partial charge in [0.25, 0.3) is 0 Å². The molecule has 6 nitrogen and oxygen atoms in total. The third-order valence-corrected chi connectivity index (χ3v) is 3.72. The average molecular weight is 352 g/mol. The van der Waals surface area contributed by atoms with Crippen molar-refractivity contribution in [3.8, 4) is 17.2 Å². The zero-order valence-corrected chi connectivity index (χ0v) is 14.2. The first-order valence-electron chi connectivity index (χ1n) is 8.20. The number of ether oxygens (including phenoxy) is 2. The summed E-state index contributed by atoms with van der Waals surface area (Å²) in [4.78, 5) is 11.7. The van der Waals surface area contributed by atoms with Crippen LogP contribution >= 0.6 is 0 Å². The van der Waals surface area contributed by atoms with Crippen LogP contribution in [0.1, 0.15) is 5.56 Å². The van der Waals surface area contributed by atoms with Gasteiger partial charge >= 0.3 is 6.03 Å². The molecule has 2 amide bonds. The van der Waals surface area contributed by atoms with E-state index in [0.29, 0.717) is 17.4 Å². The first kappa shape index (κ1) is 17.6. The molecule has 0 aromatic heterocycles. The minimum atomic E-state index is -0.585. The summed E-state index contributed by atoms with van der Waals surface area (Å²) in [5.41, 5.74) is 1.60. The van der Waals surface area contributed by atoms with Gasteiger partial charge in [-0.15, -0.1) is 6.58 Å². The van der Waals surface area contributed by atoms with E-state index in [0.717, 1.165) is 22.6 Å². The first-order chi connectivity index (χ1) is 12.7. The average Bonchev–Trinajstić information content (AvgIpc) is 2.66. The van der Waals surface area contributed by atoms with E-state index in [-0.39, 0.29) is 13.1 Å². The van der Waals surface area contributed by atoms with Crippen LogP contribution in [-0.4, -0.2) is 36.0 Å². The number of para-hydroxylation sites is 1. The van der Waals surface area contributed by atoms with Crippen LogP contribution in [0.2, 0.25) is 0 Å². The molecule has 2 aromatic rings. The Labute approximate surface area is 151 Å². The zero-order chi connectivity index (χ0) is 18.4. The molecule has 0 radical (unpaired) electrons. The van der Waals surface area contributed by atoms with E-state index < -0.39 is 6.03 Å². The fourth-order valence-corrected chi connectivity index (χ4v) is 2.50. The van der Waals surface area contributed by atoms with Crippen molar-refractivity contribution in [2.24, 2.45) is 0 Å². The van der Waals surface area contributed by atoms with Crippen LogP contribution in [0.3, 0.4) is 0 Å². The Kier molecular flexibility index (Phi) is 5.56. The quantitative estimate of drug-likeness (QED) is 0.471. The van der Waals surface area contributed by atoms with Crippen LogP contribution in [-0.2, 0) is 0 Å². The Morgan fingerprint density at radius 3 is 2.85 bits per heavy atom. The number of hydroxylamine groups is 2. The van der Waals surface area contributed by atoms with Crippen molar-refractivity contribution in [3.05, 3.63) is 72.3 Å². The topological polar surface area (TPSA) is 71.0 Å². The molecule has 1 aliphatic heterocycles. The number of carbonyl (C=O) groups excluding carboxylic acids is 1. The lowest BCUT2D eigenvalue weighted by atomic mass is 10.1. The number of carbonyl (C=O) groups is 1. The molecule has 1 heterocycles. The summed E-state index contributed by atoms with van der Waals surface area (Å²) in [5.74, 6) is 2.16.